The van der Waals surface area contributed by atoms with Crippen LogP contribution in [-0.2, 0) is 12.8 Å². The molecule has 5 aromatic carbocycles. The van der Waals surface area contributed by atoms with Gasteiger partial charge in [0.25, 0.3) is 0 Å². The normalized spacial score (nSPS) is 11.2. The van der Waals surface area contributed by atoms with Gasteiger partial charge >= 0.3 is 0 Å². The third-order valence-electron chi connectivity index (χ3n) is 9.55. The van der Waals surface area contributed by atoms with Crippen LogP contribution in [-0.4, -0.2) is 0 Å². The van der Waals surface area contributed by atoms with Gasteiger partial charge in [0.2, 0.25) is 0 Å². The molecule has 0 bridgehead atoms. The zero-order chi connectivity index (χ0) is 31.6. The van der Waals surface area contributed by atoms with Crippen LogP contribution < -0.4 is 0 Å². The maximum Gasteiger partial charge on any atom is -0.0149 e. The first-order chi connectivity index (χ1) is 22.0. The lowest BCUT2D eigenvalue weighted by Gasteiger charge is -2.18. The fraction of sp³-hybridized carbons (Fsp3) is 0.333. The molecule has 45 heavy (non-hydrogen) atoms. The van der Waals surface area contributed by atoms with E-state index in [4.69, 9.17) is 0 Å². The molecule has 0 amide bonds. The van der Waals surface area contributed by atoms with Crippen LogP contribution in [0.25, 0.3) is 44.5 Å². The lowest BCUT2D eigenvalue weighted by molar-refractivity contribution is 0.664. The zero-order valence-electron chi connectivity index (χ0n) is 28.4. The van der Waals surface area contributed by atoms with Crippen LogP contribution in [0.5, 0.6) is 0 Å². The third kappa shape index (κ3) is 8.43. The molecule has 0 radical (unpaired) electrons. The van der Waals surface area contributed by atoms with Crippen molar-refractivity contribution in [3.8, 4) is 44.5 Å². The molecule has 0 N–H and O–H groups in total. The average molecular weight is 593 g/mol. The Bertz CT molecular complexity index is 1650. The minimum atomic E-state index is 1.12. The van der Waals surface area contributed by atoms with Gasteiger partial charge < -0.3 is 0 Å². The summed E-state index contributed by atoms with van der Waals surface area (Å²) < 4.78 is 0. The first kappa shape index (κ1) is 32.5. The van der Waals surface area contributed by atoms with Crippen LogP contribution in [0.4, 0.5) is 0 Å². The topological polar surface area (TPSA) is 0 Å². The van der Waals surface area contributed by atoms with Crippen LogP contribution in [0.1, 0.15) is 93.0 Å². The van der Waals surface area contributed by atoms with Crippen LogP contribution in [0, 0.1) is 20.8 Å². The van der Waals surface area contributed by atoms with Crippen LogP contribution in [0.3, 0.4) is 0 Å². The Hall–Kier alpha value is -3.90. The molecule has 0 heteroatoms. The maximum absolute atomic E-state index is 2.55. The van der Waals surface area contributed by atoms with E-state index in [-0.39, 0.29) is 0 Å². The molecule has 0 saturated heterocycles. The zero-order valence-corrected chi connectivity index (χ0v) is 28.4. The molecule has 0 aromatic heterocycles. The van der Waals surface area contributed by atoms with Crippen molar-refractivity contribution in [1.82, 2.24) is 0 Å². The first-order valence-corrected chi connectivity index (χ1v) is 17.5. The summed E-state index contributed by atoms with van der Waals surface area (Å²) in [5.41, 5.74) is 17.6. The molecular formula is C45H52. The van der Waals surface area contributed by atoms with Crippen LogP contribution in [0.2, 0.25) is 0 Å². The molecule has 0 nitrogen and oxygen atoms in total. The van der Waals surface area contributed by atoms with Gasteiger partial charge in [0.05, 0.1) is 0 Å². The Morgan fingerprint density at radius 2 is 0.756 bits per heavy atom. The van der Waals surface area contributed by atoms with E-state index in [1.807, 2.05) is 0 Å². The Balaban J connectivity index is 1.53. The first-order valence-electron chi connectivity index (χ1n) is 17.5. The molecule has 0 fully saturated rings. The second-order valence-corrected chi connectivity index (χ2v) is 13.1. The van der Waals surface area contributed by atoms with Gasteiger partial charge in [-0.15, -0.1) is 0 Å². The number of hydrogen-bond donors (Lipinski definition) is 0. The van der Waals surface area contributed by atoms with E-state index in [2.05, 4.69) is 138 Å². The predicted molar refractivity (Wildman–Crippen MR) is 198 cm³/mol. The Morgan fingerprint density at radius 3 is 1.20 bits per heavy atom. The Labute approximate surface area is 273 Å². The van der Waals surface area contributed by atoms with Crippen molar-refractivity contribution in [3.63, 3.8) is 0 Å². The van der Waals surface area contributed by atoms with Crippen molar-refractivity contribution in [2.24, 2.45) is 0 Å². The molecule has 0 atom stereocenters. The molecule has 0 heterocycles. The van der Waals surface area contributed by atoms with Gasteiger partial charge in [-0.2, -0.15) is 0 Å². The summed E-state index contributed by atoms with van der Waals surface area (Å²) in [5, 5.41) is 0. The van der Waals surface area contributed by atoms with Crippen molar-refractivity contribution in [3.05, 3.63) is 131 Å². The Kier molecular flexibility index (Phi) is 11.5. The number of hydrogen-bond acceptors (Lipinski definition) is 0. The average Bonchev–Trinajstić information content (AvgIpc) is 3.07. The van der Waals surface area contributed by atoms with Gasteiger partial charge in [-0.05, 0) is 113 Å². The van der Waals surface area contributed by atoms with E-state index in [0.717, 1.165) is 12.8 Å². The van der Waals surface area contributed by atoms with Gasteiger partial charge in [-0.25, -0.2) is 0 Å². The highest BCUT2D eigenvalue weighted by molar-refractivity contribution is 5.79. The highest BCUT2D eigenvalue weighted by Crippen LogP contribution is 2.36. The summed E-state index contributed by atoms with van der Waals surface area (Å²) in [6, 6.07) is 39.4. The van der Waals surface area contributed by atoms with Crippen molar-refractivity contribution >= 4 is 0 Å². The minimum Gasteiger partial charge on any atom is -0.0654 e. The second-order valence-electron chi connectivity index (χ2n) is 13.1. The minimum absolute atomic E-state index is 1.12. The molecule has 5 rings (SSSR count). The van der Waals surface area contributed by atoms with Crippen molar-refractivity contribution in [1.29, 1.82) is 0 Å². The Morgan fingerprint density at radius 1 is 0.356 bits per heavy atom. The molecule has 0 aliphatic carbocycles. The summed E-state index contributed by atoms with van der Waals surface area (Å²) in [4.78, 5) is 0. The van der Waals surface area contributed by atoms with Crippen LogP contribution in [0.15, 0.2) is 103 Å². The van der Waals surface area contributed by atoms with Crippen molar-refractivity contribution < 1.29 is 0 Å². The van der Waals surface area contributed by atoms with E-state index >= 15 is 0 Å². The molecule has 0 spiro atoms. The molecule has 232 valence electrons. The molecule has 5 aromatic rings. The fourth-order valence-electron chi connectivity index (χ4n) is 6.48. The van der Waals surface area contributed by atoms with E-state index in [1.165, 1.54) is 124 Å². The highest BCUT2D eigenvalue weighted by atomic mass is 14.2. The quantitative estimate of drug-likeness (QED) is 0.113. The molecule has 0 aliphatic rings. The maximum atomic E-state index is 2.55. The van der Waals surface area contributed by atoms with Crippen molar-refractivity contribution in [2.45, 2.75) is 98.8 Å². The fourth-order valence-corrected chi connectivity index (χ4v) is 6.48. The standard InChI is InChI=1S/C45H52/c1-6-8-10-12-14-42-32-45(40-28-24-38(25-29-40)41-21-18-34(4)35(5)30-41)43(15-13-11-9-7-2)31-44(42)39-26-22-37(23-27-39)36-19-16-33(3)17-20-36/h16-32H,6-15H2,1-5H3. The van der Waals surface area contributed by atoms with Gasteiger partial charge in [0, 0.05) is 0 Å². The smallest absolute Gasteiger partial charge is 0.0149 e. The van der Waals surface area contributed by atoms with Gasteiger partial charge in [0.1, 0.15) is 0 Å². The summed E-state index contributed by atoms with van der Waals surface area (Å²) in [6.45, 7) is 11.1. The third-order valence-corrected chi connectivity index (χ3v) is 9.55. The largest absolute Gasteiger partial charge is 0.0654 e. The lowest BCUT2D eigenvalue weighted by atomic mass is 9.86. The number of unbranched alkanes of at least 4 members (excludes halogenated alkanes) is 6. The van der Waals surface area contributed by atoms with E-state index in [9.17, 15) is 0 Å². The highest BCUT2D eigenvalue weighted by Gasteiger charge is 2.14. The van der Waals surface area contributed by atoms with E-state index in [1.54, 1.807) is 0 Å². The summed E-state index contributed by atoms with van der Waals surface area (Å²) in [5.74, 6) is 0. The molecule has 0 saturated carbocycles. The number of rotatable bonds is 14. The molecule has 0 unspecified atom stereocenters. The van der Waals surface area contributed by atoms with Gasteiger partial charge in [-0.3, -0.25) is 0 Å². The number of benzene rings is 5. The van der Waals surface area contributed by atoms with Crippen molar-refractivity contribution in [2.75, 3.05) is 0 Å². The molecular weight excluding hydrogens is 540 g/mol. The second kappa shape index (κ2) is 15.9. The summed E-state index contributed by atoms with van der Waals surface area (Å²) >= 11 is 0. The van der Waals surface area contributed by atoms with Gasteiger partial charge in [0.15, 0.2) is 0 Å². The van der Waals surface area contributed by atoms with Crippen LogP contribution >= 0.6 is 0 Å². The predicted octanol–water partition coefficient (Wildman–Crippen LogP) is 13.5. The monoisotopic (exact) mass is 592 g/mol. The van der Waals surface area contributed by atoms with E-state index < -0.39 is 0 Å². The molecule has 0 aliphatic heterocycles. The summed E-state index contributed by atoms with van der Waals surface area (Å²) in [6.07, 6.45) is 12.5. The number of aryl methyl sites for hydroxylation is 5. The van der Waals surface area contributed by atoms with E-state index in [0.29, 0.717) is 0 Å². The SMILES string of the molecule is CCCCCCc1cc(-c2ccc(-c3ccc(C)c(C)c3)cc2)c(CCCCCC)cc1-c1ccc(-c2ccc(C)cc2)cc1. The van der Waals surface area contributed by atoms with Gasteiger partial charge in [-0.1, -0.05) is 161 Å². The lowest BCUT2D eigenvalue weighted by Crippen LogP contribution is -1.99. The summed E-state index contributed by atoms with van der Waals surface area (Å²) in [7, 11) is 0.